The van der Waals surface area contributed by atoms with Gasteiger partial charge in [-0.05, 0) is 69.4 Å². The highest BCUT2D eigenvalue weighted by Gasteiger charge is 2.23. The highest BCUT2D eigenvalue weighted by molar-refractivity contribution is 6.31. The topological polar surface area (TPSA) is 76.8 Å². The van der Waals surface area contributed by atoms with Crippen LogP contribution < -0.4 is 10.9 Å². The molecule has 0 aliphatic carbocycles. The number of halogens is 2. The Bertz CT molecular complexity index is 1300. The summed E-state index contributed by atoms with van der Waals surface area (Å²) in [5, 5.41) is 5.73. The van der Waals surface area contributed by atoms with E-state index in [1.807, 2.05) is 18.2 Å². The average molecular weight is 442 g/mol. The van der Waals surface area contributed by atoms with Crippen LogP contribution in [0.15, 0.2) is 41.2 Å². The van der Waals surface area contributed by atoms with E-state index < -0.39 is 0 Å². The molecule has 0 unspecified atom stereocenters. The van der Waals surface area contributed by atoms with E-state index in [1.165, 1.54) is 0 Å². The van der Waals surface area contributed by atoms with Crippen molar-refractivity contribution in [1.82, 2.24) is 19.9 Å². The Kier molecular flexibility index (Phi) is 4.93. The van der Waals surface area contributed by atoms with Crippen LogP contribution in [0.2, 0.25) is 10.0 Å². The maximum atomic E-state index is 13.2. The largest absolute Gasteiger partial charge is 0.381 e. The van der Waals surface area contributed by atoms with Gasteiger partial charge in [-0.15, -0.1) is 0 Å². The highest BCUT2D eigenvalue weighted by atomic mass is 35.5. The van der Waals surface area contributed by atoms with Gasteiger partial charge in [0.1, 0.15) is 11.4 Å². The van der Waals surface area contributed by atoms with Crippen molar-refractivity contribution in [2.45, 2.75) is 18.9 Å². The number of pyridine rings is 1. The molecule has 1 fully saturated rings. The zero-order valence-corrected chi connectivity index (χ0v) is 17.9. The van der Waals surface area contributed by atoms with Crippen LogP contribution in [0.1, 0.15) is 12.8 Å². The number of benzene rings is 2. The minimum absolute atomic E-state index is 0.203. The molecule has 1 aliphatic heterocycles. The Hall–Kier alpha value is -2.54. The van der Waals surface area contributed by atoms with E-state index in [4.69, 9.17) is 23.2 Å². The van der Waals surface area contributed by atoms with Gasteiger partial charge in [-0.1, -0.05) is 23.2 Å². The van der Waals surface area contributed by atoms with Crippen LogP contribution >= 0.6 is 23.2 Å². The lowest BCUT2D eigenvalue weighted by atomic mass is 10.0. The number of hydrogen-bond acceptors (Lipinski definition) is 4. The number of anilines is 1. The van der Waals surface area contributed by atoms with Gasteiger partial charge < -0.3 is 20.2 Å². The van der Waals surface area contributed by atoms with Crippen molar-refractivity contribution in [2.24, 2.45) is 0 Å². The number of piperidine rings is 1. The van der Waals surface area contributed by atoms with Gasteiger partial charge >= 0.3 is 0 Å². The molecule has 0 bridgehead atoms. The Morgan fingerprint density at radius 2 is 1.73 bits per heavy atom. The maximum absolute atomic E-state index is 13.2. The van der Waals surface area contributed by atoms with Gasteiger partial charge in [0.25, 0.3) is 5.56 Å². The van der Waals surface area contributed by atoms with Crippen LogP contribution in [0.25, 0.3) is 33.3 Å². The molecule has 0 amide bonds. The molecule has 0 spiro atoms. The summed E-state index contributed by atoms with van der Waals surface area (Å²) in [5.41, 5.74) is 3.32. The predicted octanol–water partition coefficient (Wildman–Crippen LogP) is 4.88. The molecule has 2 aromatic carbocycles. The molecule has 6 nitrogen and oxygen atoms in total. The molecule has 30 heavy (non-hydrogen) atoms. The molecule has 2 aromatic heterocycles. The summed E-state index contributed by atoms with van der Waals surface area (Å²) in [4.78, 5) is 26.4. The van der Waals surface area contributed by atoms with Crippen LogP contribution in [-0.2, 0) is 0 Å². The molecule has 5 rings (SSSR count). The zero-order valence-electron chi connectivity index (χ0n) is 16.4. The first kappa shape index (κ1) is 19.4. The predicted molar refractivity (Wildman–Crippen MR) is 124 cm³/mol. The second-order valence-corrected chi connectivity index (χ2v) is 8.74. The molecular weight excluding hydrogens is 421 g/mol. The summed E-state index contributed by atoms with van der Waals surface area (Å²) in [7, 11) is 2.13. The molecule has 3 heterocycles. The Labute approximate surface area is 183 Å². The summed E-state index contributed by atoms with van der Waals surface area (Å²) in [6.45, 7) is 2.02. The number of nitrogens with zero attached hydrogens (tertiary/aromatic N) is 2. The number of likely N-dealkylation sites (tertiary alicyclic amines) is 1. The second-order valence-electron chi connectivity index (χ2n) is 7.86. The lowest BCUT2D eigenvalue weighted by Crippen LogP contribution is -2.37. The average Bonchev–Trinajstić information content (AvgIpc) is 3.12. The Balaban J connectivity index is 1.71. The third kappa shape index (κ3) is 3.55. The standard InChI is InChI=1S/C22H21Cl2N5O/c1-29-8-6-14(7-9-29)25-20-15-10-12(23)2-4-16(15)28-22(30)19(20)21-26-17-5-3-13(24)11-18(17)27-21/h2-5,10-11,14H,6-9H2,1H3,(H,26,27)(H2,25,28,30). The summed E-state index contributed by atoms with van der Waals surface area (Å²) in [6.07, 6.45) is 2.00. The van der Waals surface area contributed by atoms with Crippen LogP contribution in [-0.4, -0.2) is 46.0 Å². The van der Waals surface area contributed by atoms with Gasteiger partial charge in [0, 0.05) is 21.5 Å². The highest BCUT2D eigenvalue weighted by Crippen LogP contribution is 2.34. The van der Waals surface area contributed by atoms with Gasteiger partial charge in [0.05, 0.1) is 22.2 Å². The lowest BCUT2D eigenvalue weighted by molar-refractivity contribution is 0.264. The number of fused-ring (bicyclic) bond motifs is 2. The van der Waals surface area contributed by atoms with Crippen molar-refractivity contribution in [3.63, 3.8) is 0 Å². The molecule has 0 atom stereocenters. The van der Waals surface area contributed by atoms with Gasteiger partial charge in [-0.2, -0.15) is 0 Å². The summed E-state index contributed by atoms with van der Waals surface area (Å²) < 4.78 is 0. The Morgan fingerprint density at radius 1 is 1.03 bits per heavy atom. The van der Waals surface area contributed by atoms with Crippen LogP contribution in [0.3, 0.4) is 0 Å². The number of H-pyrrole nitrogens is 2. The van der Waals surface area contributed by atoms with Crippen LogP contribution in [0, 0.1) is 0 Å². The summed E-state index contributed by atoms with van der Waals surface area (Å²) >= 11 is 12.4. The molecule has 1 aliphatic rings. The normalized spacial score (nSPS) is 15.8. The number of aromatic nitrogens is 3. The first-order chi connectivity index (χ1) is 14.5. The maximum Gasteiger partial charge on any atom is 0.261 e. The first-order valence-corrected chi connectivity index (χ1v) is 10.7. The molecule has 1 saturated heterocycles. The summed E-state index contributed by atoms with van der Waals surface area (Å²) in [5.74, 6) is 0.505. The third-order valence-electron chi connectivity index (χ3n) is 5.73. The van der Waals surface area contributed by atoms with Crippen LogP contribution in [0.5, 0.6) is 0 Å². The number of aromatic amines is 2. The number of hydrogen-bond donors (Lipinski definition) is 3. The van der Waals surface area contributed by atoms with E-state index in [0.717, 1.165) is 48.0 Å². The van der Waals surface area contributed by atoms with Gasteiger partial charge in [0.2, 0.25) is 0 Å². The van der Waals surface area contributed by atoms with Crippen molar-refractivity contribution < 1.29 is 0 Å². The number of imidazole rings is 1. The minimum Gasteiger partial charge on any atom is -0.381 e. The van der Waals surface area contributed by atoms with Crippen molar-refractivity contribution in [3.05, 3.63) is 56.8 Å². The monoisotopic (exact) mass is 441 g/mol. The smallest absolute Gasteiger partial charge is 0.261 e. The van der Waals surface area contributed by atoms with Gasteiger partial charge in [-0.3, -0.25) is 4.79 Å². The van der Waals surface area contributed by atoms with E-state index in [0.29, 0.717) is 26.9 Å². The number of rotatable bonds is 3. The fourth-order valence-corrected chi connectivity index (χ4v) is 4.43. The fourth-order valence-electron chi connectivity index (χ4n) is 4.10. The fraction of sp³-hybridized carbons (Fsp3) is 0.273. The van der Waals surface area contributed by atoms with Crippen LogP contribution in [0.4, 0.5) is 5.69 Å². The SMILES string of the molecule is CN1CCC(Nc2c(-c3nc4cc(Cl)ccc4[nH]3)c(=O)[nH]c3ccc(Cl)cc23)CC1. The van der Waals surface area contributed by atoms with Gasteiger partial charge in [-0.25, -0.2) is 4.98 Å². The molecule has 4 aromatic rings. The number of nitrogens with one attached hydrogen (secondary N) is 3. The quantitative estimate of drug-likeness (QED) is 0.423. The molecule has 154 valence electrons. The Morgan fingerprint density at radius 3 is 2.50 bits per heavy atom. The first-order valence-electron chi connectivity index (χ1n) is 9.94. The van der Waals surface area contributed by atoms with Crippen molar-refractivity contribution in [3.8, 4) is 11.4 Å². The third-order valence-corrected chi connectivity index (χ3v) is 6.20. The lowest BCUT2D eigenvalue weighted by Gasteiger charge is -2.31. The van der Waals surface area contributed by atoms with Crippen molar-refractivity contribution in [1.29, 1.82) is 0 Å². The molecule has 0 radical (unpaired) electrons. The van der Waals surface area contributed by atoms with E-state index in [9.17, 15) is 4.79 Å². The molecular formula is C22H21Cl2N5O. The second kappa shape index (κ2) is 7.61. The van der Waals surface area contributed by atoms with E-state index in [-0.39, 0.29) is 11.6 Å². The molecule has 3 N–H and O–H groups in total. The summed E-state index contributed by atoms with van der Waals surface area (Å²) in [6, 6.07) is 11.2. The molecule has 8 heteroatoms. The van der Waals surface area contributed by atoms with Gasteiger partial charge in [0.15, 0.2) is 0 Å². The van der Waals surface area contributed by atoms with E-state index in [2.05, 4.69) is 32.2 Å². The van der Waals surface area contributed by atoms with E-state index in [1.54, 1.807) is 18.2 Å². The van der Waals surface area contributed by atoms with Crippen molar-refractivity contribution >= 4 is 50.8 Å². The van der Waals surface area contributed by atoms with Crippen molar-refractivity contribution in [2.75, 3.05) is 25.5 Å². The minimum atomic E-state index is -0.203. The zero-order chi connectivity index (χ0) is 20.8. The van der Waals surface area contributed by atoms with E-state index >= 15 is 0 Å². The molecule has 0 saturated carbocycles.